The van der Waals surface area contributed by atoms with E-state index in [2.05, 4.69) is 21.2 Å². The van der Waals surface area contributed by atoms with E-state index in [-0.39, 0.29) is 18.1 Å². The zero-order chi connectivity index (χ0) is 15.4. The van der Waals surface area contributed by atoms with Gasteiger partial charge in [-0.2, -0.15) is 0 Å². The average molecular weight is 355 g/mol. The van der Waals surface area contributed by atoms with Crippen LogP contribution in [0.25, 0.3) is 0 Å². The predicted octanol–water partition coefficient (Wildman–Crippen LogP) is 3.06. The SMILES string of the molecule is CNCC1CCCN1C(=O)c1cc(Br)cc(OC(C)C)c1. The number of carbonyl (C=O) groups excluding carboxylic acids is 1. The van der Waals surface area contributed by atoms with Gasteiger partial charge in [-0.15, -0.1) is 0 Å². The van der Waals surface area contributed by atoms with Gasteiger partial charge in [-0.3, -0.25) is 4.79 Å². The third-order valence-corrected chi connectivity index (χ3v) is 4.03. The summed E-state index contributed by atoms with van der Waals surface area (Å²) in [6.07, 6.45) is 2.23. The van der Waals surface area contributed by atoms with E-state index in [1.165, 1.54) is 0 Å². The lowest BCUT2D eigenvalue weighted by atomic mass is 10.1. The monoisotopic (exact) mass is 354 g/mol. The molecule has 0 radical (unpaired) electrons. The lowest BCUT2D eigenvalue weighted by Gasteiger charge is -2.25. The number of benzene rings is 1. The van der Waals surface area contributed by atoms with Crippen molar-refractivity contribution in [3.63, 3.8) is 0 Å². The Morgan fingerprint density at radius 2 is 2.24 bits per heavy atom. The van der Waals surface area contributed by atoms with E-state index in [0.29, 0.717) is 5.56 Å². The van der Waals surface area contributed by atoms with Gasteiger partial charge in [0.2, 0.25) is 0 Å². The normalized spacial score (nSPS) is 18.3. The number of nitrogens with zero attached hydrogens (tertiary/aromatic N) is 1. The number of hydrogen-bond donors (Lipinski definition) is 1. The van der Waals surface area contributed by atoms with Crippen molar-refractivity contribution in [1.82, 2.24) is 10.2 Å². The van der Waals surface area contributed by atoms with Crippen LogP contribution in [0.5, 0.6) is 5.75 Å². The summed E-state index contributed by atoms with van der Waals surface area (Å²) >= 11 is 3.46. The van der Waals surface area contributed by atoms with Gasteiger partial charge < -0.3 is 15.0 Å². The molecule has 1 unspecified atom stereocenters. The number of hydrogen-bond acceptors (Lipinski definition) is 3. The van der Waals surface area contributed by atoms with Crippen LogP contribution in [0, 0.1) is 0 Å². The standard InChI is InChI=1S/C16H23BrN2O2/c1-11(2)21-15-8-12(7-13(17)9-15)16(20)19-6-4-5-14(19)10-18-3/h7-9,11,14,18H,4-6,10H2,1-3H3. The quantitative estimate of drug-likeness (QED) is 0.883. The minimum atomic E-state index is 0.0858. The highest BCUT2D eigenvalue weighted by atomic mass is 79.9. The smallest absolute Gasteiger partial charge is 0.254 e. The van der Waals surface area contributed by atoms with Gasteiger partial charge >= 0.3 is 0 Å². The maximum Gasteiger partial charge on any atom is 0.254 e. The topological polar surface area (TPSA) is 41.6 Å². The van der Waals surface area contributed by atoms with Gasteiger partial charge in [-0.05, 0) is 51.9 Å². The largest absolute Gasteiger partial charge is 0.491 e. The second kappa shape index (κ2) is 7.27. The Hall–Kier alpha value is -1.07. The molecule has 1 saturated heterocycles. The molecule has 1 aromatic carbocycles. The molecule has 0 spiro atoms. The van der Waals surface area contributed by atoms with Crippen molar-refractivity contribution in [2.45, 2.75) is 38.8 Å². The number of likely N-dealkylation sites (N-methyl/N-ethyl adjacent to an activating group) is 1. The first kappa shape index (κ1) is 16.3. The summed E-state index contributed by atoms with van der Waals surface area (Å²) in [5.41, 5.74) is 0.683. The van der Waals surface area contributed by atoms with Gasteiger partial charge in [0.25, 0.3) is 5.91 Å². The number of halogens is 1. The Balaban J connectivity index is 2.20. The van der Waals surface area contributed by atoms with Crippen LogP contribution in [-0.2, 0) is 0 Å². The van der Waals surface area contributed by atoms with Crippen LogP contribution < -0.4 is 10.1 Å². The zero-order valence-corrected chi connectivity index (χ0v) is 14.4. The van der Waals surface area contributed by atoms with E-state index in [1.807, 2.05) is 44.0 Å². The van der Waals surface area contributed by atoms with Crippen LogP contribution in [0.15, 0.2) is 22.7 Å². The Morgan fingerprint density at radius 3 is 2.90 bits per heavy atom. The lowest BCUT2D eigenvalue weighted by molar-refractivity contribution is 0.0736. The first-order valence-electron chi connectivity index (χ1n) is 7.44. The van der Waals surface area contributed by atoms with Crippen molar-refractivity contribution >= 4 is 21.8 Å². The van der Waals surface area contributed by atoms with E-state index < -0.39 is 0 Å². The molecule has 1 amide bonds. The minimum absolute atomic E-state index is 0.0858. The highest BCUT2D eigenvalue weighted by Crippen LogP contribution is 2.26. The van der Waals surface area contributed by atoms with Gasteiger partial charge in [0.15, 0.2) is 0 Å². The number of amides is 1. The first-order valence-corrected chi connectivity index (χ1v) is 8.23. The Morgan fingerprint density at radius 1 is 1.48 bits per heavy atom. The number of likely N-dealkylation sites (tertiary alicyclic amines) is 1. The average Bonchev–Trinajstić information content (AvgIpc) is 2.85. The second-order valence-corrected chi connectivity index (χ2v) is 6.61. The van der Waals surface area contributed by atoms with Crippen molar-refractivity contribution < 1.29 is 9.53 Å². The van der Waals surface area contributed by atoms with Crippen molar-refractivity contribution in [3.8, 4) is 5.75 Å². The van der Waals surface area contributed by atoms with Crippen molar-refractivity contribution in [2.24, 2.45) is 0 Å². The molecule has 0 saturated carbocycles. The Labute approximate surface area is 135 Å². The summed E-state index contributed by atoms with van der Waals surface area (Å²) in [7, 11) is 1.93. The number of rotatable bonds is 5. The molecule has 0 aliphatic carbocycles. The molecule has 1 heterocycles. The summed E-state index contributed by atoms with van der Waals surface area (Å²) in [5, 5.41) is 3.17. The van der Waals surface area contributed by atoms with E-state index in [1.54, 1.807) is 0 Å². The van der Waals surface area contributed by atoms with Crippen LogP contribution >= 0.6 is 15.9 Å². The van der Waals surface area contributed by atoms with E-state index in [4.69, 9.17) is 4.74 Å². The lowest BCUT2D eigenvalue weighted by Crippen LogP contribution is -2.40. The maximum absolute atomic E-state index is 12.7. The van der Waals surface area contributed by atoms with Gasteiger partial charge in [-0.25, -0.2) is 0 Å². The van der Waals surface area contributed by atoms with Crippen molar-refractivity contribution in [1.29, 1.82) is 0 Å². The fourth-order valence-electron chi connectivity index (χ4n) is 2.74. The molecule has 21 heavy (non-hydrogen) atoms. The molecule has 1 N–H and O–H groups in total. The number of carbonyl (C=O) groups is 1. The Bertz CT molecular complexity index is 505. The van der Waals surface area contributed by atoms with E-state index in [9.17, 15) is 4.79 Å². The summed E-state index contributed by atoms with van der Waals surface area (Å²) in [6.45, 7) is 5.63. The molecule has 0 aromatic heterocycles. The zero-order valence-electron chi connectivity index (χ0n) is 12.9. The summed E-state index contributed by atoms with van der Waals surface area (Å²) in [4.78, 5) is 14.7. The van der Waals surface area contributed by atoms with Gasteiger partial charge in [0.05, 0.1) is 6.10 Å². The number of ether oxygens (including phenoxy) is 1. The predicted molar refractivity (Wildman–Crippen MR) is 87.9 cm³/mol. The second-order valence-electron chi connectivity index (χ2n) is 5.69. The van der Waals surface area contributed by atoms with Crippen LogP contribution in [0.3, 0.4) is 0 Å². The molecule has 1 fully saturated rings. The molecule has 1 aliphatic heterocycles. The number of nitrogens with one attached hydrogen (secondary N) is 1. The van der Waals surface area contributed by atoms with Gasteiger partial charge in [0, 0.05) is 29.2 Å². The fraction of sp³-hybridized carbons (Fsp3) is 0.562. The van der Waals surface area contributed by atoms with Crippen LogP contribution in [0.2, 0.25) is 0 Å². The minimum Gasteiger partial charge on any atom is -0.491 e. The van der Waals surface area contributed by atoms with Crippen molar-refractivity contribution in [3.05, 3.63) is 28.2 Å². The molecule has 4 nitrogen and oxygen atoms in total. The Kier molecular flexibility index (Phi) is 5.65. The molecule has 2 rings (SSSR count). The van der Waals surface area contributed by atoms with E-state index >= 15 is 0 Å². The third-order valence-electron chi connectivity index (χ3n) is 3.57. The van der Waals surface area contributed by atoms with Gasteiger partial charge in [-0.1, -0.05) is 15.9 Å². The third kappa shape index (κ3) is 4.20. The van der Waals surface area contributed by atoms with Crippen LogP contribution in [-0.4, -0.2) is 43.1 Å². The molecular weight excluding hydrogens is 332 g/mol. The molecule has 0 bridgehead atoms. The molecule has 1 aromatic rings. The summed E-state index contributed by atoms with van der Waals surface area (Å²) < 4.78 is 6.58. The van der Waals surface area contributed by atoms with E-state index in [0.717, 1.165) is 36.2 Å². The highest BCUT2D eigenvalue weighted by Gasteiger charge is 2.29. The van der Waals surface area contributed by atoms with Crippen LogP contribution in [0.1, 0.15) is 37.0 Å². The fourth-order valence-corrected chi connectivity index (χ4v) is 3.22. The van der Waals surface area contributed by atoms with Crippen molar-refractivity contribution in [2.75, 3.05) is 20.1 Å². The van der Waals surface area contributed by atoms with Crippen LogP contribution in [0.4, 0.5) is 0 Å². The first-order chi connectivity index (χ1) is 10.0. The molecule has 5 heteroatoms. The summed E-state index contributed by atoms with van der Waals surface area (Å²) in [5.74, 6) is 0.815. The molecular formula is C16H23BrN2O2. The van der Waals surface area contributed by atoms with Gasteiger partial charge in [0.1, 0.15) is 5.75 Å². The highest BCUT2D eigenvalue weighted by molar-refractivity contribution is 9.10. The summed E-state index contributed by atoms with van der Waals surface area (Å²) in [6, 6.07) is 5.88. The molecule has 1 aliphatic rings. The molecule has 116 valence electrons. The molecule has 1 atom stereocenters. The maximum atomic E-state index is 12.7.